The molecule has 0 spiro atoms. The molecule has 14 nitrogen and oxygen atoms in total. The molecule has 3 aromatic carbocycles. The molecule has 254 valence electrons. The Hall–Kier alpha value is -4.23. The number of rotatable bonds is 8. The Morgan fingerprint density at radius 1 is 0.745 bits per heavy atom. The molecule has 0 unspecified atom stereocenters. The number of fused-ring (bicyclic) bond motifs is 1. The van der Waals surface area contributed by atoms with E-state index in [1.165, 1.54) is 30.5 Å². The van der Waals surface area contributed by atoms with Gasteiger partial charge < -0.3 is 20.9 Å². The van der Waals surface area contributed by atoms with Crippen LogP contribution in [0, 0.1) is 13.8 Å². The van der Waals surface area contributed by atoms with Crippen molar-refractivity contribution in [2.24, 2.45) is 0 Å². The van der Waals surface area contributed by atoms with Crippen molar-refractivity contribution in [3.8, 4) is 11.6 Å². The maximum absolute atomic E-state index is 11.1. The number of nitrogens with zero attached hydrogens (tertiary/aromatic N) is 2. The number of anilines is 1. The predicted octanol–water partition coefficient (Wildman–Crippen LogP) is 3.26. The maximum Gasteiger partial charge on any atom is 0.294 e. The van der Waals surface area contributed by atoms with Gasteiger partial charge in [0, 0.05) is 18.2 Å². The second kappa shape index (κ2) is 16.6. The zero-order valence-corrected chi connectivity index (χ0v) is 28.1. The Kier molecular flexibility index (Phi) is 13.7. The molecule has 2 aromatic heterocycles. The molecule has 0 amide bonds. The minimum atomic E-state index is -4.02. The van der Waals surface area contributed by atoms with Crippen molar-refractivity contribution in [3.63, 3.8) is 0 Å². The molecule has 0 aliphatic heterocycles. The average molecular weight is 709 g/mol. The fourth-order valence-electron chi connectivity index (χ4n) is 3.69. The molecule has 5 aromatic rings. The van der Waals surface area contributed by atoms with Gasteiger partial charge in [-0.15, -0.1) is 0 Å². The van der Waals surface area contributed by atoms with E-state index in [1.54, 1.807) is 36.4 Å². The van der Waals surface area contributed by atoms with Gasteiger partial charge in [0.15, 0.2) is 11.6 Å². The maximum atomic E-state index is 11.1. The van der Waals surface area contributed by atoms with Gasteiger partial charge in [-0.2, -0.15) is 16.8 Å². The Morgan fingerprint density at radius 2 is 1.26 bits per heavy atom. The van der Waals surface area contributed by atoms with Crippen LogP contribution in [-0.4, -0.2) is 68.4 Å². The van der Waals surface area contributed by atoms with Crippen molar-refractivity contribution in [1.29, 1.82) is 0 Å². The standard InChI is InChI=1S/C16H18N4O3S.2C7H8O3S.H2O/c1-24(21,22)9-8-18-10-11-6-7-14(23-11)16-19-13-5-3-2-4-12(13)15(17)20-16;2*1-6-2-4-7(5-3-6)11(8,9)10;/h2-7,18H,8-10H2,1H3,(H2,17,19,20);2*2-5H,1H3,(H,8,9,10);1H2. The van der Waals surface area contributed by atoms with Crippen molar-refractivity contribution < 1.29 is 44.3 Å². The first kappa shape index (κ1) is 39.0. The van der Waals surface area contributed by atoms with Crippen LogP contribution < -0.4 is 11.1 Å². The van der Waals surface area contributed by atoms with Crippen LogP contribution in [0.25, 0.3) is 22.5 Å². The van der Waals surface area contributed by atoms with E-state index >= 15 is 0 Å². The van der Waals surface area contributed by atoms with Crippen molar-refractivity contribution >= 4 is 46.8 Å². The number of sulfone groups is 1. The van der Waals surface area contributed by atoms with Gasteiger partial charge in [-0.1, -0.05) is 47.5 Å². The molecule has 0 saturated heterocycles. The molecule has 0 atom stereocenters. The first-order valence-electron chi connectivity index (χ1n) is 13.5. The predicted molar refractivity (Wildman–Crippen MR) is 179 cm³/mol. The van der Waals surface area contributed by atoms with Crippen LogP contribution in [0.5, 0.6) is 0 Å². The number of hydrogen-bond donors (Lipinski definition) is 4. The highest BCUT2D eigenvalue weighted by Gasteiger charge is 2.12. The smallest absolute Gasteiger partial charge is 0.294 e. The second-order valence-corrected chi connectivity index (χ2v) is 15.2. The van der Waals surface area contributed by atoms with Gasteiger partial charge in [0.2, 0.25) is 0 Å². The Bertz CT molecular complexity index is 2030. The van der Waals surface area contributed by atoms with Gasteiger partial charge in [0.05, 0.1) is 27.6 Å². The van der Waals surface area contributed by atoms with Gasteiger partial charge in [0.25, 0.3) is 20.2 Å². The lowest BCUT2D eigenvalue weighted by atomic mass is 10.2. The second-order valence-electron chi connectivity index (χ2n) is 10.1. The lowest BCUT2D eigenvalue weighted by molar-refractivity contribution is 0.481. The highest BCUT2D eigenvalue weighted by molar-refractivity contribution is 7.90. The first-order chi connectivity index (χ1) is 21.4. The summed E-state index contributed by atoms with van der Waals surface area (Å²) in [4.78, 5) is 8.62. The highest BCUT2D eigenvalue weighted by atomic mass is 32.2. The Labute approximate surface area is 273 Å². The first-order valence-corrected chi connectivity index (χ1v) is 18.4. The summed E-state index contributed by atoms with van der Waals surface area (Å²) in [7, 11) is -11.0. The molecule has 47 heavy (non-hydrogen) atoms. The summed E-state index contributed by atoms with van der Waals surface area (Å²) in [6.07, 6.45) is 1.21. The van der Waals surface area contributed by atoms with E-state index in [1.807, 2.05) is 38.1 Å². The van der Waals surface area contributed by atoms with Crippen LogP contribution in [0.4, 0.5) is 5.82 Å². The summed E-state index contributed by atoms with van der Waals surface area (Å²) in [5.41, 5.74) is 8.64. The highest BCUT2D eigenvalue weighted by Crippen LogP contribution is 2.24. The number of para-hydroxylation sites is 1. The summed E-state index contributed by atoms with van der Waals surface area (Å²) >= 11 is 0. The number of furan rings is 1. The van der Waals surface area contributed by atoms with Crippen molar-refractivity contribution in [2.75, 3.05) is 24.3 Å². The van der Waals surface area contributed by atoms with Gasteiger partial charge in [0.1, 0.15) is 21.4 Å². The average Bonchev–Trinajstić information content (AvgIpc) is 3.44. The molecule has 5 rings (SSSR count). The number of nitrogens with one attached hydrogen (secondary N) is 1. The molecule has 0 bridgehead atoms. The third kappa shape index (κ3) is 12.8. The summed E-state index contributed by atoms with van der Waals surface area (Å²) in [5.74, 6) is 2.11. The lowest BCUT2D eigenvalue weighted by Crippen LogP contribution is -2.21. The van der Waals surface area contributed by atoms with Crippen LogP contribution in [0.2, 0.25) is 0 Å². The number of aromatic nitrogens is 2. The molecule has 2 heterocycles. The molecule has 7 N–H and O–H groups in total. The summed E-state index contributed by atoms with van der Waals surface area (Å²) in [5, 5.41) is 3.83. The van der Waals surface area contributed by atoms with E-state index in [4.69, 9.17) is 19.3 Å². The number of nitrogen functional groups attached to an aromatic ring is 1. The van der Waals surface area contributed by atoms with E-state index in [0.29, 0.717) is 36.3 Å². The van der Waals surface area contributed by atoms with E-state index in [9.17, 15) is 25.3 Å². The Balaban J connectivity index is 0.000000279. The lowest BCUT2D eigenvalue weighted by Gasteiger charge is -2.03. The molecule has 17 heteroatoms. The largest absolute Gasteiger partial charge is 0.456 e. The normalized spacial score (nSPS) is 11.4. The zero-order valence-electron chi connectivity index (χ0n) is 25.7. The number of aryl methyl sites for hydroxylation is 2. The van der Waals surface area contributed by atoms with Gasteiger partial charge in [-0.3, -0.25) is 9.11 Å². The van der Waals surface area contributed by atoms with E-state index < -0.39 is 30.1 Å². The molecule has 0 aliphatic rings. The molecular weight excluding hydrogens is 673 g/mol. The molecule has 0 aliphatic carbocycles. The van der Waals surface area contributed by atoms with E-state index in [2.05, 4.69) is 15.3 Å². The van der Waals surface area contributed by atoms with Crippen LogP contribution in [-0.2, 0) is 36.6 Å². The fourth-order valence-corrected chi connectivity index (χ4v) is 5.17. The van der Waals surface area contributed by atoms with Gasteiger partial charge in [-0.05, 0) is 62.4 Å². The van der Waals surface area contributed by atoms with Gasteiger partial charge >= 0.3 is 0 Å². The molecule has 0 radical (unpaired) electrons. The fraction of sp³-hybridized carbons (Fsp3) is 0.200. The van der Waals surface area contributed by atoms with Crippen molar-refractivity contribution in [2.45, 2.75) is 30.2 Å². The summed E-state index contributed by atoms with van der Waals surface area (Å²) in [6.45, 7) is 4.48. The van der Waals surface area contributed by atoms with E-state index in [0.717, 1.165) is 22.0 Å². The quantitative estimate of drug-likeness (QED) is 0.134. The van der Waals surface area contributed by atoms with Crippen LogP contribution in [0.15, 0.2) is 99.1 Å². The Morgan fingerprint density at radius 3 is 1.74 bits per heavy atom. The number of hydrogen-bond acceptors (Lipinski definition) is 11. The monoisotopic (exact) mass is 708 g/mol. The van der Waals surface area contributed by atoms with E-state index in [-0.39, 0.29) is 21.0 Å². The number of nitrogens with two attached hydrogens (primary N) is 1. The van der Waals surface area contributed by atoms with Crippen LogP contribution in [0.3, 0.4) is 0 Å². The third-order valence-electron chi connectivity index (χ3n) is 6.10. The SMILES string of the molecule is CS(=O)(=O)CCNCc1ccc(-c2nc(N)c3ccccc3n2)o1.Cc1ccc(S(=O)(=O)O)cc1.Cc1ccc(S(=O)(=O)O)cc1.O. The molecule has 0 fully saturated rings. The van der Waals surface area contributed by atoms with Crippen LogP contribution in [0.1, 0.15) is 16.9 Å². The number of benzene rings is 3. The molecular formula is C30H36N4O10S3. The topological polar surface area (TPSA) is 251 Å². The zero-order chi connectivity index (χ0) is 34.1. The summed E-state index contributed by atoms with van der Waals surface area (Å²) < 4.78 is 87.0. The third-order valence-corrected chi connectivity index (χ3v) is 8.78. The van der Waals surface area contributed by atoms with Gasteiger partial charge in [-0.25, -0.2) is 18.4 Å². The van der Waals surface area contributed by atoms with Crippen molar-refractivity contribution in [3.05, 3.63) is 102 Å². The van der Waals surface area contributed by atoms with Crippen LogP contribution >= 0.6 is 0 Å². The summed E-state index contributed by atoms with van der Waals surface area (Å²) in [6, 6.07) is 23.1. The molecule has 0 saturated carbocycles. The minimum absolute atomic E-state index is 0. The van der Waals surface area contributed by atoms with Crippen molar-refractivity contribution in [1.82, 2.24) is 15.3 Å². The minimum Gasteiger partial charge on any atom is -0.456 e.